The Balaban J connectivity index is 1.69. The quantitative estimate of drug-likeness (QED) is 0.827. The lowest BCUT2D eigenvalue weighted by atomic mass is 10.1. The second-order valence-corrected chi connectivity index (χ2v) is 8.88. The Labute approximate surface area is 165 Å². The number of sulfonamides is 1. The van der Waals surface area contributed by atoms with Crippen LogP contribution in [0.5, 0.6) is 5.75 Å². The molecule has 0 aliphatic carbocycles. The normalized spacial score (nSPS) is 16.0. The summed E-state index contributed by atoms with van der Waals surface area (Å²) in [7, 11) is -2.18. The van der Waals surface area contributed by atoms with E-state index in [0.29, 0.717) is 37.2 Å². The van der Waals surface area contributed by atoms with Crippen molar-refractivity contribution >= 4 is 15.9 Å². The van der Waals surface area contributed by atoms with Crippen molar-refractivity contribution in [2.75, 3.05) is 20.2 Å². The van der Waals surface area contributed by atoms with Crippen LogP contribution in [-0.2, 0) is 10.0 Å². The Morgan fingerprint density at radius 1 is 1.14 bits per heavy atom. The standard InChI is InChI=1S/C20H25N3O4S/c1-14-12-18(27-3)19(13-15(14)2)28(25,26)23-10-6-17(7-11-23)22-20(24)16-4-8-21-9-5-16/h4-5,8-9,12-13,17H,6-7,10-11H2,1-3H3,(H,22,24). The topological polar surface area (TPSA) is 88.6 Å². The molecule has 1 aliphatic rings. The Bertz CT molecular complexity index is 953. The molecule has 7 nitrogen and oxygen atoms in total. The Morgan fingerprint density at radius 2 is 1.75 bits per heavy atom. The highest BCUT2D eigenvalue weighted by atomic mass is 32.2. The predicted octanol–water partition coefficient (Wildman–Crippen LogP) is 2.29. The minimum Gasteiger partial charge on any atom is -0.495 e. The summed E-state index contributed by atoms with van der Waals surface area (Å²) < 4.78 is 33.0. The average Bonchev–Trinajstić information content (AvgIpc) is 2.70. The number of ether oxygens (including phenoxy) is 1. The first kappa shape index (κ1) is 20.3. The molecule has 1 aromatic carbocycles. The molecule has 2 aromatic rings. The van der Waals surface area contributed by atoms with Gasteiger partial charge in [-0.15, -0.1) is 0 Å². The van der Waals surface area contributed by atoms with Crippen molar-refractivity contribution in [2.24, 2.45) is 0 Å². The maximum Gasteiger partial charge on any atom is 0.251 e. The number of piperidine rings is 1. The summed E-state index contributed by atoms with van der Waals surface area (Å²) >= 11 is 0. The van der Waals surface area contributed by atoms with Gasteiger partial charge in [-0.1, -0.05) is 0 Å². The summed E-state index contributed by atoms with van der Waals surface area (Å²) in [6.07, 6.45) is 4.26. The van der Waals surface area contributed by atoms with Gasteiger partial charge in [0.2, 0.25) is 10.0 Å². The molecule has 28 heavy (non-hydrogen) atoms. The van der Waals surface area contributed by atoms with Gasteiger partial charge in [0, 0.05) is 37.1 Å². The van der Waals surface area contributed by atoms with E-state index in [0.717, 1.165) is 11.1 Å². The molecule has 1 N–H and O–H groups in total. The summed E-state index contributed by atoms with van der Waals surface area (Å²) in [5, 5.41) is 2.97. The number of pyridine rings is 1. The SMILES string of the molecule is COc1cc(C)c(C)cc1S(=O)(=O)N1CCC(NC(=O)c2ccncc2)CC1. The zero-order chi connectivity index (χ0) is 20.3. The first-order valence-electron chi connectivity index (χ1n) is 9.19. The Hall–Kier alpha value is -2.45. The van der Waals surface area contributed by atoms with Gasteiger partial charge in [-0.2, -0.15) is 4.31 Å². The lowest BCUT2D eigenvalue weighted by Gasteiger charge is -2.32. The molecule has 1 amide bonds. The molecular weight excluding hydrogens is 378 g/mol. The Morgan fingerprint density at radius 3 is 2.36 bits per heavy atom. The van der Waals surface area contributed by atoms with Crippen LogP contribution >= 0.6 is 0 Å². The minimum absolute atomic E-state index is 0.0613. The van der Waals surface area contributed by atoms with Crippen LogP contribution in [0.4, 0.5) is 0 Å². The van der Waals surface area contributed by atoms with Crippen molar-refractivity contribution in [1.82, 2.24) is 14.6 Å². The lowest BCUT2D eigenvalue weighted by Crippen LogP contribution is -2.46. The van der Waals surface area contributed by atoms with Crippen LogP contribution in [0, 0.1) is 13.8 Å². The number of benzene rings is 1. The van der Waals surface area contributed by atoms with Gasteiger partial charge in [0.25, 0.3) is 5.91 Å². The summed E-state index contributed by atoms with van der Waals surface area (Å²) in [5.74, 6) is 0.191. The van der Waals surface area contributed by atoms with Gasteiger partial charge in [-0.05, 0) is 62.1 Å². The number of methoxy groups -OCH3 is 1. The van der Waals surface area contributed by atoms with Crippen molar-refractivity contribution in [1.29, 1.82) is 0 Å². The number of rotatable bonds is 5. The number of carbonyl (C=O) groups excluding carboxylic acids is 1. The summed E-state index contributed by atoms with van der Waals surface area (Å²) in [4.78, 5) is 16.4. The molecule has 0 radical (unpaired) electrons. The monoisotopic (exact) mass is 403 g/mol. The van der Waals surface area contributed by atoms with Gasteiger partial charge in [-0.3, -0.25) is 9.78 Å². The van der Waals surface area contributed by atoms with Crippen LogP contribution in [0.25, 0.3) is 0 Å². The number of amides is 1. The average molecular weight is 404 g/mol. The molecule has 0 atom stereocenters. The van der Waals surface area contributed by atoms with Crippen molar-refractivity contribution in [3.05, 3.63) is 53.3 Å². The van der Waals surface area contributed by atoms with Gasteiger partial charge < -0.3 is 10.1 Å². The first-order chi connectivity index (χ1) is 13.3. The maximum absolute atomic E-state index is 13.1. The van der Waals surface area contributed by atoms with Gasteiger partial charge in [0.1, 0.15) is 10.6 Å². The number of carbonyl (C=O) groups is 1. The smallest absolute Gasteiger partial charge is 0.251 e. The number of aromatic nitrogens is 1. The largest absolute Gasteiger partial charge is 0.495 e. The maximum atomic E-state index is 13.1. The van der Waals surface area contributed by atoms with E-state index in [9.17, 15) is 13.2 Å². The third-order valence-corrected chi connectivity index (χ3v) is 7.05. The zero-order valence-electron chi connectivity index (χ0n) is 16.3. The molecule has 1 saturated heterocycles. The molecule has 1 aromatic heterocycles. The second-order valence-electron chi connectivity index (χ2n) is 6.98. The van der Waals surface area contributed by atoms with E-state index in [2.05, 4.69) is 10.3 Å². The van der Waals surface area contributed by atoms with Gasteiger partial charge in [-0.25, -0.2) is 8.42 Å². The molecule has 0 saturated carbocycles. The molecule has 1 aliphatic heterocycles. The number of nitrogens with zero attached hydrogens (tertiary/aromatic N) is 2. The number of aryl methyl sites for hydroxylation is 2. The molecule has 2 heterocycles. The fraction of sp³-hybridized carbons (Fsp3) is 0.400. The first-order valence-corrected chi connectivity index (χ1v) is 10.6. The number of hydrogen-bond donors (Lipinski definition) is 1. The molecule has 8 heteroatoms. The second kappa shape index (κ2) is 8.28. The number of nitrogens with one attached hydrogen (secondary N) is 1. The summed E-state index contributed by atoms with van der Waals surface area (Å²) in [5.41, 5.74) is 2.43. The third-order valence-electron chi connectivity index (χ3n) is 5.13. The van der Waals surface area contributed by atoms with Crippen molar-refractivity contribution in [3.8, 4) is 5.75 Å². The van der Waals surface area contributed by atoms with Crippen LogP contribution in [0.2, 0.25) is 0 Å². The van der Waals surface area contributed by atoms with Crippen LogP contribution < -0.4 is 10.1 Å². The van der Waals surface area contributed by atoms with E-state index in [1.54, 1.807) is 36.7 Å². The highest BCUT2D eigenvalue weighted by Crippen LogP contribution is 2.31. The predicted molar refractivity (Wildman–Crippen MR) is 106 cm³/mol. The van der Waals surface area contributed by atoms with E-state index in [4.69, 9.17) is 4.74 Å². The molecule has 3 rings (SSSR count). The third kappa shape index (κ3) is 4.18. The van der Waals surface area contributed by atoms with Crippen LogP contribution in [0.15, 0.2) is 41.6 Å². The summed E-state index contributed by atoms with van der Waals surface area (Å²) in [6, 6.07) is 6.67. The van der Waals surface area contributed by atoms with Crippen LogP contribution in [-0.4, -0.2) is 49.9 Å². The highest BCUT2D eigenvalue weighted by Gasteiger charge is 2.32. The fourth-order valence-corrected chi connectivity index (χ4v) is 4.97. The molecule has 150 valence electrons. The van der Waals surface area contributed by atoms with Crippen LogP contribution in [0.3, 0.4) is 0 Å². The van der Waals surface area contributed by atoms with E-state index >= 15 is 0 Å². The van der Waals surface area contributed by atoms with E-state index < -0.39 is 10.0 Å². The Kier molecular flexibility index (Phi) is 6.00. The van der Waals surface area contributed by atoms with Crippen molar-refractivity contribution < 1.29 is 17.9 Å². The van der Waals surface area contributed by atoms with Gasteiger partial charge in [0.15, 0.2) is 0 Å². The molecule has 0 unspecified atom stereocenters. The van der Waals surface area contributed by atoms with Crippen LogP contribution in [0.1, 0.15) is 34.3 Å². The zero-order valence-corrected chi connectivity index (χ0v) is 17.1. The van der Waals surface area contributed by atoms with E-state index in [1.807, 2.05) is 13.8 Å². The van der Waals surface area contributed by atoms with E-state index in [1.165, 1.54) is 11.4 Å². The van der Waals surface area contributed by atoms with E-state index in [-0.39, 0.29) is 16.8 Å². The highest BCUT2D eigenvalue weighted by molar-refractivity contribution is 7.89. The van der Waals surface area contributed by atoms with Crippen molar-refractivity contribution in [2.45, 2.75) is 37.6 Å². The molecule has 0 spiro atoms. The minimum atomic E-state index is -3.66. The molecule has 1 fully saturated rings. The molecular formula is C20H25N3O4S. The van der Waals surface area contributed by atoms with Gasteiger partial charge >= 0.3 is 0 Å². The lowest BCUT2D eigenvalue weighted by molar-refractivity contribution is 0.0923. The van der Waals surface area contributed by atoms with Crippen molar-refractivity contribution in [3.63, 3.8) is 0 Å². The fourth-order valence-electron chi connectivity index (χ4n) is 3.28. The van der Waals surface area contributed by atoms with Gasteiger partial charge in [0.05, 0.1) is 7.11 Å². The number of hydrogen-bond acceptors (Lipinski definition) is 5. The molecule has 0 bridgehead atoms. The summed E-state index contributed by atoms with van der Waals surface area (Å²) in [6.45, 7) is 4.50.